The lowest BCUT2D eigenvalue weighted by molar-refractivity contribution is 0.0792. The number of nitrogens with zero attached hydrogens (tertiary/aromatic N) is 3. The first-order valence-corrected chi connectivity index (χ1v) is 6.50. The van der Waals surface area contributed by atoms with Crippen LogP contribution in [-0.2, 0) is 0 Å². The van der Waals surface area contributed by atoms with Crippen LogP contribution in [0.15, 0.2) is 12.4 Å². The van der Waals surface area contributed by atoms with Crippen molar-refractivity contribution < 1.29 is 4.79 Å². The van der Waals surface area contributed by atoms with Gasteiger partial charge in [0.05, 0.1) is 5.56 Å². The largest absolute Gasteiger partial charge is 0.354 e. The van der Waals surface area contributed by atoms with Crippen LogP contribution < -0.4 is 5.32 Å². The first-order chi connectivity index (χ1) is 8.69. The van der Waals surface area contributed by atoms with E-state index in [1.165, 1.54) is 0 Å². The van der Waals surface area contributed by atoms with Gasteiger partial charge < -0.3 is 10.2 Å². The molecule has 0 fully saturated rings. The molecule has 0 radical (unpaired) electrons. The standard InChI is InChI=1S/C13H22N4O/c1-4-6-8-17(3)12(18)11-9-15-13(16-10-11)14-7-5-2/h9-10H,4-8H2,1-3H3,(H,14,15,16). The predicted octanol–water partition coefficient (Wildman–Crippen LogP) is 2.17. The Hall–Kier alpha value is -1.65. The number of amides is 1. The number of unbranched alkanes of at least 4 members (excludes halogenated alkanes) is 1. The van der Waals surface area contributed by atoms with Gasteiger partial charge in [-0.15, -0.1) is 0 Å². The summed E-state index contributed by atoms with van der Waals surface area (Å²) in [6.07, 6.45) is 6.27. The molecule has 0 unspecified atom stereocenters. The van der Waals surface area contributed by atoms with Gasteiger partial charge in [-0.2, -0.15) is 0 Å². The van der Waals surface area contributed by atoms with Gasteiger partial charge in [-0.05, 0) is 12.8 Å². The van der Waals surface area contributed by atoms with Crippen LogP contribution in [0.3, 0.4) is 0 Å². The van der Waals surface area contributed by atoms with Gasteiger partial charge >= 0.3 is 0 Å². The van der Waals surface area contributed by atoms with Gasteiger partial charge in [-0.1, -0.05) is 20.3 Å². The minimum atomic E-state index is -0.0227. The van der Waals surface area contributed by atoms with Crippen molar-refractivity contribution in [1.82, 2.24) is 14.9 Å². The van der Waals surface area contributed by atoms with Crippen LogP contribution in [0.1, 0.15) is 43.5 Å². The third-order valence-corrected chi connectivity index (χ3v) is 2.63. The molecular weight excluding hydrogens is 228 g/mol. The molecule has 1 aromatic rings. The van der Waals surface area contributed by atoms with Crippen molar-refractivity contribution in [2.45, 2.75) is 33.1 Å². The Morgan fingerprint density at radius 1 is 1.28 bits per heavy atom. The number of nitrogens with one attached hydrogen (secondary N) is 1. The Morgan fingerprint density at radius 3 is 2.50 bits per heavy atom. The molecule has 0 atom stereocenters. The maximum absolute atomic E-state index is 12.0. The molecule has 0 saturated heterocycles. The highest BCUT2D eigenvalue weighted by Crippen LogP contribution is 2.04. The number of carbonyl (C=O) groups is 1. The fraction of sp³-hybridized carbons (Fsp3) is 0.615. The molecule has 0 aliphatic heterocycles. The van der Waals surface area contributed by atoms with Crippen LogP contribution in [0.5, 0.6) is 0 Å². The minimum absolute atomic E-state index is 0.0227. The lowest BCUT2D eigenvalue weighted by Crippen LogP contribution is -2.28. The van der Waals surface area contributed by atoms with Crippen molar-refractivity contribution in [3.8, 4) is 0 Å². The van der Waals surface area contributed by atoms with Crippen molar-refractivity contribution in [2.24, 2.45) is 0 Å². The van der Waals surface area contributed by atoms with Crippen molar-refractivity contribution >= 4 is 11.9 Å². The SMILES string of the molecule is CCCCN(C)C(=O)c1cnc(NCCC)nc1. The average Bonchev–Trinajstić information content (AvgIpc) is 2.42. The van der Waals surface area contributed by atoms with E-state index in [9.17, 15) is 4.79 Å². The number of hydrogen-bond donors (Lipinski definition) is 1. The molecule has 0 spiro atoms. The van der Waals surface area contributed by atoms with E-state index < -0.39 is 0 Å². The quantitative estimate of drug-likeness (QED) is 0.805. The normalized spacial score (nSPS) is 10.2. The van der Waals surface area contributed by atoms with Gasteiger partial charge in [-0.3, -0.25) is 4.79 Å². The molecule has 0 bridgehead atoms. The first-order valence-electron chi connectivity index (χ1n) is 6.50. The molecule has 1 rings (SSSR count). The number of aromatic nitrogens is 2. The third kappa shape index (κ3) is 4.31. The monoisotopic (exact) mass is 250 g/mol. The third-order valence-electron chi connectivity index (χ3n) is 2.63. The molecule has 0 aliphatic rings. The van der Waals surface area contributed by atoms with Crippen LogP contribution in [0.25, 0.3) is 0 Å². The second kappa shape index (κ2) is 7.63. The summed E-state index contributed by atoms with van der Waals surface area (Å²) in [5.74, 6) is 0.551. The second-order valence-corrected chi connectivity index (χ2v) is 4.30. The second-order valence-electron chi connectivity index (χ2n) is 4.30. The summed E-state index contributed by atoms with van der Waals surface area (Å²) in [5.41, 5.74) is 0.538. The van der Waals surface area contributed by atoms with E-state index in [-0.39, 0.29) is 5.91 Å². The Labute approximate surface area is 109 Å². The molecule has 18 heavy (non-hydrogen) atoms. The first kappa shape index (κ1) is 14.4. The molecule has 1 N–H and O–H groups in total. The molecule has 100 valence electrons. The Balaban J connectivity index is 2.58. The van der Waals surface area contributed by atoms with E-state index in [0.29, 0.717) is 11.5 Å². The average molecular weight is 250 g/mol. The number of hydrogen-bond acceptors (Lipinski definition) is 4. The van der Waals surface area contributed by atoms with E-state index in [1.807, 2.05) is 0 Å². The van der Waals surface area contributed by atoms with E-state index in [0.717, 1.165) is 32.4 Å². The smallest absolute Gasteiger partial charge is 0.256 e. The summed E-state index contributed by atoms with van der Waals surface area (Å²) in [7, 11) is 1.81. The highest BCUT2D eigenvalue weighted by atomic mass is 16.2. The molecule has 0 aromatic carbocycles. The summed E-state index contributed by atoms with van der Waals surface area (Å²) in [6.45, 7) is 5.79. The molecule has 1 aromatic heterocycles. The summed E-state index contributed by atoms with van der Waals surface area (Å²) < 4.78 is 0. The summed E-state index contributed by atoms with van der Waals surface area (Å²) in [6, 6.07) is 0. The van der Waals surface area contributed by atoms with Gasteiger partial charge in [0.2, 0.25) is 5.95 Å². The number of carbonyl (C=O) groups excluding carboxylic acids is 1. The van der Waals surface area contributed by atoms with E-state index in [2.05, 4.69) is 29.1 Å². The molecular formula is C13H22N4O. The number of rotatable bonds is 7. The van der Waals surface area contributed by atoms with Gasteiger partial charge in [0.1, 0.15) is 0 Å². The molecule has 5 nitrogen and oxygen atoms in total. The Kier molecular flexibility index (Phi) is 6.11. The van der Waals surface area contributed by atoms with E-state index >= 15 is 0 Å². The van der Waals surface area contributed by atoms with Crippen molar-refractivity contribution in [3.63, 3.8) is 0 Å². The topological polar surface area (TPSA) is 58.1 Å². The fourth-order valence-electron chi connectivity index (χ4n) is 1.48. The Morgan fingerprint density at radius 2 is 1.94 bits per heavy atom. The molecule has 0 saturated carbocycles. The highest BCUT2D eigenvalue weighted by molar-refractivity contribution is 5.93. The molecule has 0 aliphatic carbocycles. The maximum Gasteiger partial charge on any atom is 0.256 e. The molecule has 1 amide bonds. The van der Waals surface area contributed by atoms with E-state index in [4.69, 9.17) is 0 Å². The summed E-state index contributed by atoms with van der Waals surface area (Å²) in [4.78, 5) is 22.0. The minimum Gasteiger partial charge on any atom is -0.354 e. The summed E-state index contributed by atoms with van der Waals surface area (Å²) in [5, 5.41) is 3.08. The molecule has 1 heterocycles. The Bertz CT molecular complexity index is 364. The van der Waals surface area contributed by atoms with Crippen LogP contribution in [-0.4, -0.2) is 40.9 Å². The maximum atomic E-state index is 12.0. The zero-order chi connectivity index (χ0) is 13.4. The predicted molar refractivity (Wildman–Crippen MR) is 72.7 cm³/mol. The molecule has 5 heteroatoms. The number of anilines is 1. The van der Waals surface area contributed by atoms with Crippen LogP contribution in [0.4, 0.5) is 5.95 Å². The van der Waals surface area contributed by atoms with Crippen molar-refractivity contribution in [3.05, 3.63) is 18.0 Å². The van der Waals surface area contributed by atoms with Gasteiger partial charge in [0, 0.05) is 32.5 Å². The van der Waals surface area contributed by atoms with Crippen LogP contribution in [0, 0.1) is 0 Å². The fourth-order valence-corrected chi connectivity index (χ4v) is 1.48. The van der Waals surface area contributed by atoms with Crippen LogP contribution in [0.2, 0.25) is 0 Å². The summed E-state index contributed by atoms with van der Waals surface area (Å²) >= 11 is 0. The van der Waals surface area contributed by atoms with E-state index in [1.54, 1.807) is 24.3 Å². The van der Waals surface area contributed by atoms with Crippen molar-refractivity contribution in [2.75, 3.05) is 25.5 Å². The van der Waals surface area contributed by atoms with Crippen molar-refractivity contribution in [1.29, 1.82) is 0 Å². The van der Waals surface area contributed by atoms with Gasteiger partial charge in [0.15, 0.2) is 0 Å². The zero-order valence-electron chi connectivity index (χ0n) is 11.4. The highest BCUT2D eigenvalue weighted by Gasteiger charge is 2.11. The van der Waals surface area contributed by atoms with Crippen LogP contribution >= 0.6 is 0 Å². The van der Waals surface area contributed by atoms with Gasteiger partial charge in [0.25, 0.3) is 5.91 Å². The lowest BCUT2D eigenvalue weighted by atomic mass is 10.2. The van der Waals surface area contributed by atoms with Gasteiger partial charge in [-0.25, -0.2) is 9.97 Å². The zero-order valence-corrected chi connectivity index (χ0v) is 11.4. The lowest BCUT2D eigenvalue weighted by Gasteiger charge is -2.16.